The SMILES string of the molecule is CC(N)C(O)c1ccc2[nH]cc(C3=CCN(C)CC3)c2c1. The number of nitrogens with one attached hydrogen (secondary N) is 1. The van der Waals surface area contributed by atoms with Crippen LogP contribution in [0.2, 0.25) is 0 Å². The Kier molecular flexibility index (Phi) is 3.85. The lowest BCUT2D eigenvalue weighted by Gasteiger charge is -2.22. The number of hydrogen-bond acceptors (Lipinski definition) is 3. The Morgan fingerprint density at radius 2 is 2.19 bits per heavy atom. The molecule has 1 aromatic carbocycles. The van der Waals surface area contributed by atoms with Gasteiger partial charge in [0, 0.05) is 41.8 Å². The van der Waals surface area contributed by atoms with Crippen LogP contribution in [0.5, 0.6) is 0 Å². The monoisotopic (exact) mass is 285 g/mol. The van der Waals surface area contributed by atoms with Gasteiger partial charge in [0.1, 0.15) is 0 Å². The minimum atomic E-state index is -0.622. The molecule has 1 aromatic heterocycles. The van der Waals surface area contributed by atoms with Crippen LogP contribution in [0, 0.1) is 0 Å². The van der Waals surface area contributed by atoms with E-state index in [9.17, 15) is 5.11 Å². The molecule has 4 N–H and O–H groups in total. The number of hydrogen-bond donors (Lipinski definition) is 3. The first kappa shape index (κ1) is 14.3. The normalized spacial score (nSPS) is 19.5. The van der Waals surface area contributed by atoms with Gasteiger partial charge in [-0.1, -0.05) is 12.1 Å². The summed E-state index contributed by atoms with van der Waals surface area (Å²) >= 11 is 0. The Bertz CT molecular complexity index is 672. The number of aromatic nitrogens is 1. The topological polar surface area (TPSA) is 65.3 Å². The molecule has 2 heterocycles. The third-order valence-electron chi connectivity index (χ3n) is 4.30. The number of H-pyrrole nitrogens is 1. The number of nitrogens with two attached hydrogens (primary N) is 1. The van der Waals surface area contributed by atoms with Crippen LogP contribution < -0.4 is 5.73 Å². The predicted molar refractivity (Wildman–Crippen MR) is 87.0 cm³/mol. The standard InChI is InChI=1S/C17H23N3O/c1-11(18)17(21)13-3-4-16-14(9-13)15(10-19-16)12-5-7-20(2)8-6-12/h3-5,9-11,17,19,21H,6-8,18H2,1-2H3. The number of aliphatic hydroxyl groups excluding tert-OH is 1. The molecule has 2 aromatic rings. The third kappa shape index (κ3) is 2.75. The van der Waals surface area contributed by atoms with Crippen LogP contribution in [-0.2, 0) is 0 Å². The molecule has 0 aliphatic carbocycles. The lowest BCUT2D eigenvalue weighted by Crippen LogP contribution is -2.24. The smallest absolute Gasteiger partial charge is 0.0938 e. The Labute approximate surface area is 125 Å². The van der Waals surface area contributed by atoms with Crippen LogP contribution >= 0.6 is 0 Å². The minimum absolute atomic E-state index is 0.271. The fourth-order valence-electron chi connectivity index (χ4n) is 2.91. The zero-order chi connectivity index (χ0) is 15.0. The number of nitrogens with zero attached hydrogens (tertiary/aromatic N) is 1. The van der Waals surface area contributed by atoms with Gasteiger partial charge in [-0.2, -0.15) is 0 Å². The van der Waals surface area contributed by atoms with Crippen molar-refractivity contribution in [3.8, 4) is 0 Å². The van der Waals surface area contributed by atoms with Gasteiger partial charge in [0.2, 0.25) is 0 Å². The van der Waals surface area contributed by atoms with Crippen molar-refractivity contribution in [2.24, 2.45) is 5.73 Å². The molecule has 0 amide bonds. The summed E-state index contributed by atoms with van der Waals surface area (Å²) in [7, 11) is 2.14. The highest BCUT2D eigenvalue weighted by Gasteiger charge is 2.16. The number of rotatable bonds is 3. The number of fused-ring (bicyclic) bond motifs is 1. The molecule has 3 rings (SSSR count). The van der Waals surface area contributed by atoms with Crippen LogP contribution in [0.15, 0.2) is 30.5 Å². The van der Waals surface area contributed by atoms with E-state index in [2.05, 4.69) is 35.3 Å². The van der Waals surface area contributed by atoms with E-state index in [0.717, 1.165) is 30.6 Å². The number of benzene rings is 1. The highest BCUT2D eigenvalue weighted by molar-refractivity contribution is 5.93. The Balaban J connectivity index is 2.02. The zero-order valence-electron chi connectivity index (χ0n) is 12.6. The molecule has 0 bridgehead atoms. The Morgan fingerprint density at radius 1 is 1.38 bits per heavy atom. The lowest BCUT2D eigenvalue weighted by molar-refractivity contribution is 0.153. The van der Waals surface area contributed by atoms with Gasteiger partial charge >= 0.3 is 0 Å². The van der Waals surface area contributed by atoms with Crippen molar-refractivity contribution in [3.05, 3.63) is 41.6 Å². The van der Waals surface area contributed by atoms with Crippen LogP contribution in [-0.4, -0.2) is 41.2 Å². The van der Waals surface area contributed by atoms with Gasteiger partial charge in [0.25, 0.3) is 0 Å². The summed E-state index contributed by atoms with van der Waals surface area (Å²) in [6.45, 7) is 3.90. The molecule has 1 aliphatic rings. The van der Waals surface area contributed by atoms with E-state index in [4.69, 9.17) is 5.73 Å². The fourth-order valence-corrected chi connectivity index (χ4v) is 2.91. The maximum absolute atomic E-state index is 10.2. The first-order valence-electron chi connectivity index (χ1n) is 7.49. The molecule has 0 spiro atoms. The summed E-state index contributed by atoms with van der Waals surface area (Å²) in [6.07, 6.45) is 4.80. The second kappa shape index (κ2) is 5.64. The molecule has 0 saturated heterocycles. The van der Waals surface area contributed by atoms with Crippen molar-refractivity contribution in [2.45, 2.75) is 25.5 Å². The van der Waals surface area contributed by atoms with Crippen molar-refractivity contribution in [3.63, 3.8) is 0 Å². The predicted octanol–water partition coefficient (Wildman–Crippen LogP) is 2.27. The lowest BCUT2D eigenvalue weighted by atomic mass is 9.96. The van der Waals surface area contributed by atoms with E-state index in [-0.39, 0.29) is 6.04 Å². The number of likely N-dealkylation sites (N-methyl/N-ethyl adjacent to an activating group) is 1. The van der Waals surface area contributed by atoms with Crippen LogP contribution in [0.1, 0.15) is 30.6 Å². The summed E-state index contributed by atoms with van der Waals surface area (Å²) < 4.78 is 0. The zero-order valence-corrected chi connectivity index (χ0v) is 12.6. The summed E-state index contributed by atoms with van der Waals surface area (Å²) in [5, 5.41) is 11.3. The van der Waals surface area contributed by atoms with Gasteiger partial charge in [0.15, 0.2) is 0 Å². The van der Waals surface area contributed by atoms with E-state index >= 15 is 0 Å². The number of aliphatic hydroxyl groups is 1. The second-order valence-electron chi connectivity index (χ2n) is 6.05. The molecule has 112 valence electrons. The fraction of sp³-hybridized carbons (Fsp3) is 0.412. The van der Waals surface area contributed by atoms with Crippen molar-refractivity contribution in [2.75, 3.05) is 20.1 Å². The summed E-state index contributed by atoms with van der Waals surface area (Å²) in [4.78, 5) is 5.63. The molecule has 4 nitrogen and oxygen atoms in total. The van der Waals surface area contributed by atoms with Crippen LogP contribution in [0.3, 0.4) is 0 Å². The van der Waals surface area contributed by atoms with Gasteiger partial charge in [-0.05, 0) is 43.7 Å². The van der Waals surface area contributed by atoms with E-state index in [0.29, 0.717) is 0 Å². The van der Waals surface area contributed by atoms with Gasteiger partial charge in [-0.25, -0.2) is 0 Å². The van der Waals surface area contributed by atoms with Crippen molar-refractivity contribution >= 4 is 16.5 Å². The first-order chi connectivity index (χ1) is 10.1. The maximum atomic E-state index is 10.2. The Hall–Kier alpha value is -1.62. The first-order valence-corrected chi connectivity index (χ1v) is 7.49. The average molecular weight is 285 g/mol. The summed E-state index contributed by atoms with van der Waals surface area (Å²) in [5.41, 5.74) is 10.4. The second-order valence-corrected chi connectivity index (χ2v) is 6.05. The number of aromatic amines is 1. The molecule has 0 fully saturated rings. The molecular weight excluding hydrogens is 262 g/mol. The van der Waals surface area contributed by atoms with Gasteiger partial charge in [-0.15, -0.1) is 0 Å². The molecule has 2 atom stereocenters. The maximum Gasteiger partial charge on any atom is 0.0938 e. The van der Waals surface area contributed by atoms with Crippen LogP contribution in [0.4, 0.5) is 0 Å². The van der Waals surface area contributed by atoms with E-state index < -0.39 is 6.10 Å². The summed E-state index contributed by atoms with van der Waals surface area (Å²) in [5.74, 6) is 0. The van der Waals surface area contributed by atoms with E-state index in [1.165, 1.54) is 16.5 Å². The molecule has 2 unspecified atom stereocenters. The van der Waals surface area contributed by atoms with Crippen LogP contribution in [0.25, 0.3) is 16.5 Å². The Morgan fingerprint density at radius 3 is 2.86 bits per heavy atom. The molecule has 21 heavy (non-hydrogen) atoms. The highest BCUT2D eigenvalue weighted by atomic mass is 16.3. The molecule has 4 heteroatoms. The summed E-state index contributed by atoms with van der Waals surface area (Å²) in [6, 6.07) is 5.76. The molecule has 0 radical (unpaired) electrons. The van der Waals surface area contributed by atoms with Crippen molar-refractivity contribution in [1.82, 2.24) is 9.88 Å². The minimum Gasteiger partial charge on any atom is -0.387 e. The van der Waals surface area contributed by atoms with Crippen molar-refractivity contribution in [1.29, 1.82) is 0 Å². The van der Waals surface area contributed by atoms with E-state index in [1.54, 1.807) is 0 Å². The van der Waals surface area contributed by atoms with Crippen molar-refractivity contribution < 1.29 is 5.11 Å². The van der Waals surface area contributed by atoms with E-state index in [1.807, 2.05) is 19.1 Å². The average Bonchev–Trinajstić information content (AvgIpc) is 2.90. The highest BCUT2D eigenvalue weighted by Crippen LogP contribution is 2.31. The van der Waals surface area contributed by atoms with Gasteiger partial charge < -0.3 is 20.7 Å². The van der Waals surface area contributed by atoms with Gasteiger partial charge in [0.05, 0.1) is 6.10 Å². The molecule has 1 aliphatic heterocycles. The molecule has 0 saturated carbocycles. The quantitative estimate of drug-likeness (QED) is 0.810. The van der Waals surface area contributed by atoms with Gasteiger partial charge in [-0.3, -0.25) is 0 Å². The molecular formula is C17H23N3O. The largest absolute Gasteiger partial charge is 0.387 e. The third-order valence-corrected chi connectivity index (χ3v) is 4.30.